The molecule has 12 aromatic rings. The van der Waals surface area contributed by atoms with Crippen LogP contribution in [0, 0.1) is 11.3 Å². The van der Waals surface area contributed by atoms with Gasteiger partial charge in [0.15, 0.2) is 0 Å². The second kappa shape index (κ2) is 15.3. The molecule has 3 aromatic heterocycles. The van der Waals surface area contributed by atoms with Crippen LogP contribution in [0.15, 0.2) is 182 Å². The first-order valence-electron chi connectivity index (χ1n) is 23.9. The predicted octanol–water partition coefficient (Wildman–Crippen LogP) is 18.6. The number of para-hydroxylation sites is 4. The highest BCUT2D eigenvalue weighted by Gasteiger charge is 2.32. The lowest BCUT2D eigenvalue weighted by Crippen LogP contribution is -2.19. The van der Waals surface area contributed by atoms with Crippen LogP contribution >= 0.6 is 22.9 Å². The van der Waals surface area contributed by atoms with Crippen molar-refractivity contribution in [1.82, 2.24) is 9.13 Å². The molecule has 70 heavy (non-hydrogen) atoms. The number of fused-ring (bicyclic) bond motifs is 11. The van der Waals surface area contributed by atoms with Crippen LogP contribution in [0.4, 0.5) is 34.1 Å². The minimum absolute atomic E-state index is 0.0183. The lowest BCUT2D eigenvalue weighted by atomic mass is 9.85. The minimum Gasteiger partial charge on any atom is -0.309 e. The van der Waals surface area contributed by atoms with Crippen LogP contribution in [0.3, 0.4) is 0 Å². The molecule has 0 saturated carbocycles. The summed E-state index contributed by atoms with van der Waals surface area (Å²) in [5.74, 6) is 0. The Hall–Kier alpha value is -7.82. The molecular formula is C63H48ClN5S. The number of hydrogen-bond donors (Lipinski definition) is 0. The first kappa shape index (κ1) is 42.3. The van der Waals surface area contributed by atoms with E-state index in [1.807, 2.05) is 12.1 Å². The highest BCUT2D eigenvalue weighted by molar-refractivity contribution is 7.26. The number of benzene rings is 9. The number of nitrogens with zero attached hydrogens (tertiary/aromatic N) is 5. The summed E-state index contributed by atoms with van der Waals surface area (Å²) in [6.45, 7) is 13.7. The van der Waals surface area contributed by atoms with Crippen LogP contribution in [0.2, 0.25) is 5.02 Å². The van der Waals surface area contributed by atoms with Crippen LogP contribution in [0.1, 0.15) is 58.2 Å². The van der Waals surface area contributed by atoms with E-state index >= 15 is 0 Å². The van der Waals surface area contributed by atoms with E-state index < -0.39 is 0 Å². The van der Waals surface area contributed by atoms with Gasteiger partial charge < -0.3 is 18.9 Å². The molecule has 1 aliphatic heterocycles. The predicted molar refractivity (Wildman–Crippen MR) is 298 cm³/mol. The van der Waals surface area contributed by atoms with Crippen LogP contribution in [-0.4, -0.2) is 9.13 Å². The van der Waals surface area contributed by atoms with Gasteiger partial charge in [0.1, 0.15) is 0 Å². The quantitative estimate of drug-likeness (QED) is 0.173. The molecular weight excluding hydrogens is 894 g/mol. The lowest BCUT2D eigenvalue weighted by molar-refractivity contribution is 0.590. The Bertz CT molecular complexity index is 4130. The van der Waals surface area contributed by atoms with Gasteiger partial charge >= 0.3 is 0 Å². The summed E-state index contributed by atoms with van der Waals surface area (Å²) >= 11 is 9.88. The molecule has 13 rings (SSSR count). The zero-order valence-corrected chi connectivity index (χ0v) is 41.4. The van der Waals surface area contributed by atoms with Crippen molar-refractivity contribution in [2.24, 2.45) is 0 Å². The van der Waals surface area contributed by atoms with Gasteiger partial charge in [-0.05, 0) is 113 Å². The third-order valence-electron chi connectivity index (χ3n) is 14.4. The van der Waals surface area contributed by atoms with Gasteiger partial charge in [-0.1, -0.05) is 144 Å². The zero-order valence-electron chi connectivity index (χ0n) is 39.8. The topological polar surface area (TPSA) is 40.1 Å². The van der Waals surface area contributed by atoms with Crippen molar-refractivity contribution in [2.45, 2.75) is 52.4 Å². The Kier molecular flexibility index (Phi) is 9.27. The zero-order chi connectivity index (χ0) is 47.8. The van der Waals surface area contributed by atoms with Crippen LogP contribution in [-0.2, 0) is 10.8 Å². The second-order valence-corrected chi connectivity index (χ2v) is 22.1. The van der Waals surface area contributed by atoms with Crippen LogP contribution in [0.25, 0.3) is 75.2 Å². The van der Waals surface area contributed by atoms with Crippen molar-refractivity contribution in [3.63, 3.8) is 0 Å². The van der Waals surface area contributed by atoms with Crippen molar-refractivity contribution in [1.29, 1.82) is 5.26 Å². The number of rotatable bonds is 5. The number of thiophene rings is 1. The summed E-state index contributed by atoms with van der Waals surface area (Å²) in [6, 6.07) is 68.0. The maximum atomic E-state index is 11.0. The largest absolute Gasteiger partial charge is 0.309 e. The third-order valence-corrected chi connectivity index (χ3v) is 16.0. The van der Waals surface area contributed by atoms with Crippen LogP contribution < -0.4 is 9.80 Å². The molecule has 0 saturated heterocycles. The van der Waals surface area contributed by atoms with Crippen molar-refractivity contribution in [2.75, 3.05) is 9.80 Å². The second-order valence-electron chi connectivity index (χ2n) is 20.7. The SMILES string of the molecule is CC(C)(C)c1ccc2c(c1)c1cc(C(C)(C)C)ccc1n2-c1cccc(N(c2cc(C#N)cc(N3c4ccccc4-n4c5ccccc5c5cccc3c54)c2Cl)c2cccc3c2sc2ccccc23)c1. The van der Waals surface area contributed by atoms with E-state index in [9.17, 15) is 5.26 Å². The van der Waals surface area contributed by atoms with E-state index in [-0.39, 0.29) is 10.8 Å². The van der Waals surface area contributed by atoms with Crippen molar-refractivity contribution < 1.29 is 0 Å². The standard InChI is InChI=1S/C63H48ClN5S/c1-62(2,3)39-28-30-50-47(34-39)48-35-40(63(4,5)6)29-31-51(48)66(50)41-16-13-17-42(36-41)67(55-26-15-21-46-44-19-8-12-27-58(44)70-61(46)55)56-32-38(37-65)33-57(59(56)64)68-52-23-10-11-24-53(52)69-49-22-9-7-18-43(49)45-20-14-25-54(68)60(45)69/h7-36H,1-6H3. The van der Waals surface area contributed by atoms with E-state index in [0.717, 1.165) is 72.0 Å². The molecule has 4 heterocycles. The highest BCUT2D eigenvalue weighted by Crippen LogP contribution is 2.55. The third kappa shape index (κ3) is 6.28. The van der Waals surface area contributed by atoms with Crippen molar-refractivity contribution >= 4 is 121 Å². The van der Waals surface area contributed by atoms with Gasteiger partial charge in [-0.15, -0.1) is 11.3 Å². The number of nitriles is 1. The molecule has 0 radical (unpaired) electrons. The maximum absolute atomic E-state index is 11.0. The summed E-state index contributed by atoms with van der Waals surface area (Å²) in [4.78, 5) is 4.54. The lowest BCUT2D eigenvalue weighted by Gasteiger charge is -2.35. The van der Waals surface area contributed by atoms with Crippen molar-refractivity contribution in [3.05, 3.63) is 204 Å². The fraction of sp³-hybridized carbons (Fsp3) is 0.127. The number of halogens is 1. The molecule has 0 unspecified atom stereocenters. The van der Waals surface area contributed by atoms with Crippen LogP contribution in [0.5, 0.6) is 0 Å². The number of hydrogen-bond acceptors (Lipinski definition) is 4. The normalized spacial score (nSPS) is 12.7. The Morgan fingerprint density at radius 2 is 1.09 bits per heavy atom. The summed E-state index contributed by atoms with van der Waals surface area (Å²) in [6.07, 6.45) is 0. The Balaban J connectivity index is 1.08. The fourth-order valence-corrected chi connectivity index (χ4v) is 12.5. The fourth-order valence-electron chi connectivity index (χ4n) is 11.0. The summed E-state index contributed by atoms with van der Waals surface area (Å²) in [7, 11) is 0. The number of aromatic nitrogens is 2. The molecule has 5 nitrogen and oxygen atoms in total. The van der Waals surface area contributed by atoms with Gasteiger partial charge in [-0.2, -0.15) is 5.26 Å². The van der Waals surface area contributed by atoms with Gasteiger partial charge in [-0.25, -0.2) is 0 Å². The Morgan fingerprint density at radius 1 is 0.486 bits per heavy atom. The van der Waals surface area contributed by atoms with Gasteiger partial charge in [0.05, 0.1) is 77.5 Å². The smallest absolute Gasteiger partial charge is 0.0993 e. The molecule has 1 aliphatic rings. The molecule has 0 bridgehead atoms. The molecule has 0 aliphatic carbocycles. The molecule has 7 heteroatoms. The molecule has 0 amide bonds. The van der Waals surface area contributed by atoms with Gasteiger partial charge in [0.2, 0.25) is 0 Å². The minimum atomic E-state index is -0.0183. The first-order valence-corrected chi connectivity index (χ1v) is 25.1. The van der Waals surface area contributed by atoms with Gasteiger partial charge in [-0.3, -0.25) is 0 Å². The van der Waals surface area contributed by atoms with E-state index in [4.69, 9.17) is 11.6 Å². The van der Waals surface area contributed by atoms with Crippen molar-refractivity contribution in [3.8, 4) is 17.4 Å². The highest BCUT2D eigenvalue weighted by atomic mass is 35.5. The van der Waals surface area contributed by atoms with Gasteiger partial charge in [0.25, 0.3) is 0 Å². The Morgan fingerprint density at radius 3 is 1.81 bits per heavy atom. The molecule has 9 aromatic carbocycles. The molecule has 0 atom stereocenters. The first-order chi connectivity index (χ1) is 33.9. The monoisotopic (exact) mass is 941 g/mol. The average molecular weight is 943 g/mol. The van der Waals surface area contributed by atoms with E-state index in [0.29, 0.717) is 16.3 Å². The molecule has 0 N–H and O–H groups in total. The average Bonchev–Trinajstić information content (AvgIpc) is 4.03. The van der Waals surface area contributed by atoms with E-state index in [1.165, 1.54) is 42.8 Å². The summed E-state index contributed by atoms with van der Waals surface area (Å²) in [5, 5.41) is 18.8. The molecule has 338 valence electrons. The van der Waals surface area contributed by atoms with E-state index in [2.05, 4.69) is 236 Å². The number of anilines is 6. The summed E-state index contributed by atoms with van der Waals surface area (Å²) < 4.78 is 7.12. The maximum Gasteiger partial charge on any atom is 0.0993 e. The summed E-state index contributed by atoms with van der Waals surface area (Å²) in [5.41, 5.74) is 15.0. The Labute approximate surface area is 416 Å². The molecule has 0 spiro atoms. The van der Waals surface area contributed by atoms with E-state index in [1.54, 1.807) is 11.3 Å². The van der Waals surface area contributed by atoms with Gasteiger partial charge in [0, 0.05) is 48.4 Å². The molecule has 0 fully saturated rings.